The summed E-state index contributed by atoms with van der Waals surface area (Å²) in [5.41, 5.74) is 3.29. The molecule has 4 rings (SSSR count). The van der Waals surface area contributed by atoms with Crippen molar-refractivity contribution < 1.29 is 4.79 Å². The topological polar surface area (TPSA) is 54.9 Å². The lowest BCUT2D eigenvalue weighted by Crippen LogP contribution is -2.19. The van der Waals surface area contributed by atoms with Crippen LogP contribution in [0.25, 0.3) is 15.6 Å². The average molecular weight is 368 g/mol. The third-order valence-electron chi connectivity index (χ3n) is 4.04. The first-order valence-electron chi connectivity index (χ1n) is 7.87. The smallest absolute Gasteiger partial charge is 0.254 e. The number of carbonyl (C=O) groups excluding carboxylic acids is 1. The van der Waals surface area contributed by atoms with Gasteiger partial charge in [-0.05, 0) is 48.6 Å². The summed E-state index contributed by atoms with van der Waals surface area (Å²) in [7, 11) is 0. The zero-order valence-electron chi connectivity index (χ0n) is 13.2. The van der Waals surface area contributed by atoms with Crippen LogP contribution in [0.4, 0.5) is 5.82 Å². The molecular formula is C19H14ClN3OS. The Hall–Kier alpha value is -2.50. The number of thiophene rings is 1. The molecular weight excluding hydrogens is 354 g/mol. The molecule has 1 N–H and O–H groups in total. The lowest BCUT2D eigenvalue weighted by atomic mass is 9.95. The van der Waals surface area contributed by atoms with Crippen molar-refractivity contribution in [3.05, 3.63) is 70.9 Å². The predicted octanol–water partition coefficient (Wildman–Crippen LogP) is 4.74. The second kappa shape index (κ2) is 6.78. The molecule has 124 valence electrons. The van der Waals surface area contributed by atoms with Crippen molar-refractivity contribution in [3.8, 4) is 10.6 Å². The minimum Gasteiger partial charge on any atom is -0.307 e. The number of rotatable bonds is 3. The third kappa shape index (κ3) is 3.21. The standard InChI is InChI=1S/C19H14ClN3OS/c20-18-12-6-9-15(16-4-3-11-25-16)22-14(12)8-7-13(18)19(24)23-17-5-1-2-10-21-17/h1-6,9-11H,7-8H2,(H,21,23,24). The maximum Gasteiger partial charge on any atom is 0.254 e. The van der Waals surface area contributed by atoms with Gasteiger partial charge in [-0.1, -0.05) is 23.7 Å². The number of carbonyl (C=O) groups is 1. The van der Waals surface area contributed by atoms with Gasteiger partial charge in [0.1, 0.15) is 5.82 Å². The van der Waals surface area contributed by atoms with Gasteiger partial charge in [-0.2, -0.15) is 0 Å². The van der Waals surface area contributed by atoms with E-state index in [9.17, 15) is 4.79 Å². The van der Waals surface area contributed by atoms with Crippen molar-refractivity contribution in [2.75, 3.05) is 5.32 Å². The Morgan fingerprint density at radius 3 is 2.80 bits per heavy atom. The summed E-state index contributed by atoms with van der Waals surface area (Å²) in [6, 6.07) is 13.3. The average Bonchev–Trinajstić information content (AvgIpc) is 3.17. The van der Waals surface area contributed by atoms with Crippen LogP contribution in [0.2, 0.25) is 0 Å². The predicted molar refractivity (Wildman–Crippen MR) is 102 cm³/mol. The van der Waals surface area contributed by atoms with Gasteiger partial charge < -0.3 is 5.32 Å². The summed E-state index contributed by atoms with van der Waals surface area (Å²) < 4.78 is 0. The number of aromatic nitrogens is 2. The molecule has 25 heavy (non-hydrogen) atoms. The van der Waals surface area contributed by atoms with E-state index in [-0.39, 0.29) is 5.91 Å². The van der Waals surface area contributed by atoms with Gasteiger partial charge in [0, 0.05) is 17.3 Å². The second-order valence-corrected chi connectivity index (χ2v) is 6.96. The molecule has 0 saturated heterocycles. The molecule has 4 nitrogen and oxygen atoms in total. The number of anilines is 1. The van der Waals surface area contributed by atoms with Gasteiger partial charge in [0.2, 0.25) is 0 Å². The number of nitrogens with zero attached hydrogens (tertiary/aromatic N) is 2. The summed E-state index contributed by atoms with van der Waals surface area (Å²) >= 11 is 8.17. The molecule has 0 aliphatic heterocycles. The lowest BCUT2D eigenvalue weighted by Gasteiger charge is -2.19. The molecule has 3 aromatic heterocycles. The fraction of sp³-hybridized carbons (Fsp3) is 0.105. The highest BCUT2D eigenvalue weighted by Gasteiger charge is 2.24. The fourth-order valence-corrected chi connectivity index (χ4v) is 3.86. The first-order valence-corrected chi connectivity index (χ1v) is 9.13. The molecule has 0 radical (unpaired) electrons. The van der Waals surface area contributed by atoms with Crippen LogP contribution in [0.15, 0.2) is 59.6 Å². The molecule has 0 fully saturated rings. The van der Waals surface area contributed by atoms with Crippen molar-refractivity contribution >= 4 is 39.7 Å². The molecule has 0 atom stereocenters. The molecule has 3 aromatic rings. The van der Waals surface area contributed by atoms with Crippen LogP contribution in [0.1, 0.15) is 17.7 Å². The van der Waals surface area contributed by atoms with E-state index in [4.69, 9.17) is 16.6 Å². The Balaban J connectivity index is 1.63. The van der Waals surface area contributed by atoms with Crippen molar-refractivity contribution in [2.45, 2.75) is 12.8 Å². The van der Waals surface area contributed by atoms with E-state index in [2.05, 4.69) is 10.3 Å². The lowest BCUT2D eigenvalue weighted by molar-refractivity contribution is -0.113. The normalized spacial score (nSPS) is 13.5. The summed E-state index contributed by atoms with van der Waals surface area (Å²) in [6.45, 7) is 0. The Morgan fingerprint density at radius 1 is 1.12 bits per heavy atom. The molecule has 3 heterocycles. The van der Waals surface area contributed by atoms with Crippen molar-refractivity contribution in [3.63, 3.8) is 0 Å². The number of nitrogens with one attached hydrogen (secondary N) is 1. The second-order valence-electron chi connectivity index (χ2n) is 5.63. The Morgan fingerprint density at radius 2 is 2.04 bits per heavy atom. The fourth-order valence-electron chi connectivity index (χ4n) is 2.81. The largest absolute Gasteiger partial charge is 0.307 e. The number of hydrogen-bond donors (Lipinski definition) is 1. The minimum absolute atomic E-state index is 0.211. The zero-order chi connectivity index (χ0) is 17.2. The van der Waals surface area contributed by atoms with Gasteiger partial charge in [0.05, 0.1) is 21.3 Å². The molecule has 1 amide bonds. The van der Waals surface area contributed by atoms with Gasteiger partial charge in [-0.3, -0.25) is 9.78 Å². The van der Waals surface area contributed by atoms with Gasteiger partial charge in [-0.15, -0.1) is 11.3 Å². The van der Waals surface area contributed by atoms with Crippen molar-refractivity contribution in [1.82, 2.24) is 9.97 Å². The maximum atomic E-state index is 12.5. The number of amides is 1. The van der Waals surface area contributed by atoms with Gasteiger partial charge >= 0.3 is 0 Å². The van der Waals surface area contributed by atoms with E-state index in [1.807, 2.05) is 35.7 Å². The van der Waals surface area contributed by atoms with Crippen molar-refractivity contribution in [2.24, 2.45) is 0 Å². The highest BCUT2D eigenvalue weighted by Crippen LogP contribution is 2.35. The van der Waals surface area contributed by atoms with Crippen LogP contribution < -0.4 is 5.32 Å². The summed E-state index contributed by atoms with van der Waals surface area (Å²) in [6.07, 6.45) is 2.89. The molecule has 6 heteroatoms. The molecule has 1 aliphatic rings. The summed E-state index contributed by atoms with van der Waals surface area (Å²) in [4.78, 5) is 22.5. The highest BCUT2D eigenvalue weighted by atomic mass is 35.5. The van der Waals surface area contributed by atoms with E-state index in [1.54, 1.807) is 29.7 Å². The Bertz CT molecular complexity index is 952. The molecule has 0 spiro atoms. The summed E-state index contributed by atoms with van der Waals surface area (Å²) in [5, 5.41) is 5.30. The van der Waals surface area contributed by atoms with Crippen LogP contribution in [0.3, 0.4) is 0 Å². The van der Waals surface area contributed by atoms with E-state index in [1.165, 1.54) is 0 Å². The first-order chi connectivity index (χ1) is 12.2. The molecule has 0 unspecified atom stereocenters. The first kappa shape index (κ1) is 16.0. The monoisotopic (exact) mass is 367 g/mol. The van der Waals surface area contributed by atoms with Crippen LogP contribution >= 0.6 is 22.9 Å². The number of pyridine rings is 2. The van der Waals surface area contributed by atoms with Gasteiger partial charge in [0.15, 0.2) is 0 Å². The zero-order valence-corrected chi connectivity index (χ0v) is 14.8. The molecule has 0 aromatic carbocycles. The quantitative estimate of drug-likeness (QED) is 0.727. The minimum atomic E-state index is -0.211. The Kier molecular flexibility index (Phi) is 4.34. The Labute approximate surface area is 154 Å². The molecule has 1 aliphatic carbocycles. The number of fused-ring (bicyclic) bond motifs is 1. The summed E-state index contributed by atoms with van der Waals surface area (Å²) in [5.74, 6) is 0.304. The van der Waals surface area contributed by atoms with E-state index in [0.29, 0.717) is 29.3 Å². The van der Waals surface area contributed by atoms with E-state index < -0.39 is 0 Å². The van der Waals surface area contributed by atoms with Gasteiger partial charge in [0.25, 0.3) is 5.91 Å². The molecule has 0 saturated carbocycles. The van der Waals surface area contributed by atoms with Crippen LogP contribution in [-0.4, -0.2) is 15.9 Å². The number of aryl methyl sites for hydroxylation is 1. The highest BCUT2D eigenvalue weighted by molar-refractivity contribution is 7.13. The van der Waals surface area contributed by atoms with Gasteiger partial charge in [-0.25, -0.2) is 4.98 Å². The third-order valence-corrected chi connectivity index (χ3v) is 5.37. The maximum absolute atomic E-state index is 12.5. The van der Waals surface area contributed by atoms with E-state index >= 15 is 0 Å². The van der Waals surface area contributed by atoms with Crippen LogP contribution in [0, 0.1) is 0 Å². The SMILES string of the molecule is O=C(Nc1ccccn1)C1=C(Cl)c2ccc(-c3cccs3)nc2CC1. The van der Waals surface area contributed by atoms with Crippen LogP contribution in [0.5, 0.6) is 0 Å². The number of halogens is 1. The number of hydrogen-bond acceptors (Lipinski definition) is 4. The van der Waals surface area contributed by atoms with Crippen molar-refractivity contribution in [1.29, 1.82) is 0 Å². The van der Waals surface area contributed by atoms with E-state index in [0.717, 1.165) is 21.8 Å². The van der Waals surface area contributed by atoms with Crippen LogP contribution in [-0.2, 0) is 11.2 Å². The molecule has 0 bridgehead atoms.